The maximum atomic E-state index is 13.1. The molecule has 1 heterocycles. The van der Waals surface area contributed by atoms with E-state index in [0.717, 1.165) is 0 Å². The number of alkyl halides is 3. The third-order valence-electron chi connectivity index (χ3n) is 3.93. The predicted molar refractivity (Wildman–Crippen MR) is 66.6 cm³/mol. The molecule has 0 bridgehead atoms. The second kappa shape index (κ2) is 4.50. The fourth-order valence-electron chi connectivity index (χ4n) is 2.35. The normalized spacial score (nSPS) is 17.9. The highest BCUT2D eigenvalue weighted by atomic mass is 28.3. The first-order valence-electron chi connectivity index (χ1n) is 6.08. The molecule has 2 rings (SSSR count). The van der Waals surface area contributed by atoms with Gasteiger partial charge in [0.05, 0.1) is 11.3 Å². The van der Waals surface area contributed by atoms with Gasteiger partial charge in [-0.25, -0.2) is 4.79 Å². The lowest BCUT2D eigenvalue weighted by Crippen LogP contribution is -2.48. The number of hydrogen-bond donors (Lipinski definition) is 1. The van der Waals surface area contributed by atoms with E-state index in [1.54, 1.807) is 13.1 Å². The number of nitrogens with zero attached hydrogens (tertiary/aromatic N) is 2. The Labute approximate surface area is 114 Å². The maximum absolute atomic E-state index is 13.1. The first kappa shape index (κ1) is 14.9. The summed E-state index contributed by atoms with van der Waals surface area (Å²) in [6.07, 6.45) is -4.02. The Morgan fingerprint density at radius 1 is 1.55 bits per heavy atom. The minimum Gasteiger partial charge on any atom is -0.480 e. The topological polar surface area (TPSA) is 64.3 Å². The van der Waals surface area contributed by atoms with Gasteiger partial charge in [-0.05, 0) is 12.8 Å². The Morgan fingerprint density at radius 2 is 2.15 bits per heavy atom. The zero-order valence-electron chi connectivity index (χ0n) is 11.1. The smallest absolute Gasteiger partial charge is 0.432 e. The monoisotopic (exact) mass is 308 g/mol. The van der Waals surface area contributed by atoms with Crippen molar-refractivity contribution in [3.63, 3.8) is 0 Å². The minimum atomic E-state index is -4.20. The number of aromatic nitrogens is 2. The Morgan fingerprint density at radius 3 is 2.55 bits per heavy atom. The van der Waals surface area contributed by atoms with Gasteiger partial charge in [0.15, 0.2) is 0 Å². The van der Waals surface area contributed by atoms with Crippen LogP contribution in [-0.2, 0) is 0 Å². The summed E-state index contributed by atoms with van der Waals surface area (Å²) in [6.45, 7) is 3.28. The molecule has 1 aliphatic carbocycles. The van der Waals surface area contributed by atoms with Crippen molar-refractivity contribution in [2.45, 2.75) is 37.2 Å². The molecule has 5 nitrogen and oxygen atoms in total. The van der Waals surface area contributed by atoms with Crippen LogP contribution in [0.4, 0.5) is 18.0 Å². The van der Waals surface area contributed by atoms with Crippen LogP contribution in [-0.4, -0.2) is 41.5 Å². The van der Waals surface area contributed by atoms with Crippen LogP contribution in [0.3, 0.4) is 0 Å². The van der Waals surface area contributed by atoms with Crippen LogP contribution in [0.1, 0.15) is 12.8 Å². The van der Waals surface area contributed by atoms with Gasteiger partial charge in [0.2, 0.25) is 5.88 Å². The van der Waals surface area contributed by atoms with Crippen molar-refractivity contribution in [1.82, 2.24) is 9.78 Å². The number of carbonyl (C=O) groups is 1. The van der Waals surface area contributed by atoms with E-state index in [1.807, 2.05) is 0 Å². The van der Waals surface area contributed by atoms with E-state index in [4.69, 9.17) is 9.84 Å². The molecule has 1 saturated carbocycles. The van der Waals surface area contributed by atoms with Crippen LogP contribution in [0.25, 0.3) is 0 Å². The quantitative estimate of drug-likeness (QED) is 0.868. The summed E-state index contributed by atoms with van der Waals surface area (Å²) in [7, 11) is -2.70. The molecule has 0 aromatic carbocycles. The van der Waals surface area contributed by atoms with Gasteiger partial charge in [0.25, 0.3) is 0 Å². The SMILES string of the molecule is C[Si](C)(COc1ccn(C(=O)O)n1)C1(C(F)(F)F)CC1. The third kappa shape index (κ3) is 2.41. The molecule has 1 aliphatic rings. The number of rotatable bonds is 4. The Bertz CT molecular complexity index is 523. The van der Waals surface area contributed by atoms with Crippen molar-refractivity contribution < 1.29 is 27.8 Å². The standard InChI is InChI=1S/C11H15F3N2O3Si/c1-20(2,10(4-5-10)11(12,13)14)7-19-8-3-6-16(15-8)9(17)18/h3,6H,4-5,7H2,1-2H3,(H,17,18). The van der Waals surface area contributed by atoms with E-state index in [-0.39, 0.29) is 25.0 Å². The van der Waals surface area contributed by atoms with Crippen molar-refractivity contribution in [1.29, 1.82) is 0 Å². The summed E-state index contributed by atoms with van der Waals surface area (Å²) in [5.74, 6) is 0.0333. The van der Waals surface area contributed by atoms with Gasteiger partial charge in [-0.15, -0.1) is 5.10 Å². The van der Waals surface area contributed by atoms with Crippen LogP contribution < -0.4 is 4.74 Å². The molecule has 112 valence electrons. The molecule has 9 heteroatoms. The average Bonchev–Trinajstić information content (AvgIpc) is 3.01. The average molecular weight is 308 g/mol. The number of hydrogen-bond acceptors (Lipinski definition) is 3. The molecular weight excluding hydrogens is 293 g/mol. The lowest BCUT2D eigenvalue weighted by atomic mass is 10.4. The van der Waals surface area contributed by atoms with Gasteiger partial charge >= 0.3 is 12.3 Å². The zero-order chi connectivity index (χ0) is 15.2. The second-order valence-corrected chi connectivity index (χ2v) is 10.6. The van der Waals surface area contributed by atoms with Gasteiger partial charge in [-0.3, -0.25) is 0 Å². The molecule has 0 atom stereocenters. The summed E-state index contributed by atoms with van der Waals surface area (Å²) >= 11 is 0. The Hall–Kier alpha value is -1.51. The van der Waals surface area contributed by atoms with Crippen molar-refractivity contribution in [3.8, 4) is 5.88 Å². The molecule has 0 aliphatic heterocycles. The molecule has 0 unspecified atom stereocenters. The highest BCUT2D eigenvalue weighted by Gasteiger charge is 2.71. The molecule has 0 saturated heterocycles. The summed E-state index contributed by atoms with van der Waals surface area (Å²) in [5.41, 5.74) is 0. The van der Waals surface area contributed by atoms with E-state index in [2.05, 4.69) is 5.10 Å². The van der Waals surface area contributed by atoms with Crippen LogP contribution in [0.5, 0.6) is 5.88 Å². The molecule has 0 radical (unpaired) electrons. The number of carboxylic acid groups (broad SMARTS) is 1. The molecular formula is C11H15F3N2O3Si. The maximum Gasteiger partial charge on any atom is 0.432 e. The lowest BCUT2D eigenvalue weighted by molar-refractivity contribution is -0.143. The Balaban J connectivity index is 2.04. The van der Waals surface area contributed by atoms with Crippen LogP contribution >= 0.6 is 0 Å². The first-order valence-corrected chi connectivity index (χ1v) is 9.28. The van der Waals surface area contributed by atoms with Gasteiger partial charge in [-0.1, -0.05) is 13.1 Å². The largest absolute Gasteiger partial charge is 0.480 e. The first-order chi connectivity index (χ1) is 9.09. The molecule has 1 aromatic rings. The van der Waals surface area contributed by atoms with E-state index < -0.39 is 25.4 Å². The van der Waals surface area contributed by atoms with Crippen LogP contribution in [0.15, 0.2) is 12.3 Å². The summed E-state index contributed by atoms with van der Waals surface area (Å²) in [5, 5.41) is 10.7. The van der Waals surface area contributed by atoms with Crippen molar-refractivity contribution in [3.05, 3.63) is 12.3 Å². The highest BCUT2D eigenvalue weighted by molar-refractivity contribution is 6.81. The molecule has 0 spiro atoms. The second-order valence-electron chi connectivity index (χ2n) is 5.63. The van der Waals surface area contributed by atoms with Crippen LogP contribution in [0, 0.1) is 0 Å². The van der Waals surface area contributed by atoms with Gasteiger partial charge in [0.1, 0.15) is 8.07 Å². The van der Waals surface area contributed by atoms with Gasteiger partial charge in [-0.2, -0.15) is 17.9 Å². The number of ether oxygens (including phenoxy) is 1. The summed E-state index contributed by atoms with van der Waals surface area (Å²) in [6, 6.07) is 1.33. The molecule has 20 heavy (non-hydrogen) atoms. The van der Waals surface area contributed by atoms with E-state index in [9.17, 15) is 18.0 Å². The van der Waals surface area contributed by atoms with Gasteiger partial charge < -0.3 is 9.84 Å². The fraction of sp³-hybridized carbons (Fsp3) is 0.636. The van der Waals surface area contributed by atoms with Gasteiger partial charge in [0, 0.05) is 12.3 Å². The predicted octanol–water partition coefficient (Wildman–Crippen LogP) is 3.13. The van der Waals surface area contributed by atoms with Crippen molar-refractivity contribution in [2.24, 2.45) is 0 Å². The third-order valence-corrected chi connectivity index (χ3v) is 8.17. The zero-order valence-corrected chi connectivity index (χ0v) is 12.1. The Kier molecular flexibility index (Phi) is 3.35. The van der Waals surface area contributed by atoms with E-state index >= 15 is 0 Å². The molecule has 0 amide bonds. The van der Waals surface area contributed by atoms with Crippen LogP contribution in [0.2, 0.25) is 18.1 Å². The minimum absolute atomic E-state index is 0.0333. The molecule has 1 N–H and O–H groups in total. The summed E-state index contributed by atoms with van der Waals surface area (Å²) < 4.78 is 45.3. The van der Waals surface area contributed by atoms with E-state index in [0.29, 0.717) is 4.68 Å². The molecule has 1 aromatic heterocycles. The number of halogens is 3. The van der Waals surface area contributed by atoms with Crippen molar-refractivity contribution in [2.75, 3.05) is 6.23 Å². The summed E-state index contributed by atoms with van der Waals surface area (Å²) in [4.78, 5) is 10.6. The highest BCUT2D eigenvalue weighted by Crippen LogP contribution is 2.69. The lowest BCUT2D eigenvalue weighted by Gasteiger charge is -2.33. The van der Waals surface area contributed by atoms with Crippen molar-refractivity contribution >= 4 is 14.2 Å². The molecule has 1 fully saturated rings. The van der Waals surface area contributed by atoms with E-state index in [1.165, 1.54) is 12.3 Å². The fourth-order valence-corrected chi connectivity index (χ4v) is 5.38.